The zero-order valence-corrected chi connectivity index (χ0v) is 12.4. The van der Waals surface area contributed by atoms with Crippen molar-refractivity contribution in [2.75, 3.05) is 21.3 Å². The molecule has 0 aromatic rings. The zero-order chi connectivity index (χ0) is 16.4. The Labute approximate surface area is 122 Å². The third-order valence-corrected chi connectivity index (χ3v) is 2.37. The summed E-state index contributed by atoms with van der Waals surface area (Å²) in [6, 6.07) is 0. The summed E-state index contributed by atoms with van der Waals surface area (Å²) in [4.78, 5) is 46.4. The quantitative estimate of drug-likeness (QED) is 0.296. The van der Waals surface area contributed by atoms with Crippen molar-refractivity contribution in [1.29, 1.82) is 0 Å². The van der Waals surface area contributed by atoms with Crippen LogP contribution in [-0.2, 0) is 33.4 Å². The zero-order valence-electron chi connectivity index (χ0n) is 12.4. The Kier molecular flexibility index (Phi) is 8.36. The van der Waals surface area contributed by atoms with E-state index in [-0.39, 0.29) is 17.8 Å². The monoisotopic (exact) mass is 298 g/mol. The number of rotatable bonds is 7. The lowest BCUT2D eigenvalue weighted by molar-refractivity contribution is -0.140. The number of ketones is 1. The first-order valence-corrected chi connectivity index (χ1v) is 6.12. The Morgan fingerprint density at radius 2 is 1.29 bits per heavy atom. The predicted molar refractivity (Wildman–Crippen MR) is 72.1 cm³/mol. The van der Waals surface area contributed by atoms with Crippen molar-refractivity contribution in [2.24, 2.45) is 0 Å². The third-order valence-electron chi connectivity index (χ3n) is 2.37. The fourth-order valence-electron chi connectivity index (χ4n) is 1.37. The molecule has 0 spiro atoms. The molecule has 0 radical (unpaired) electrons. The van der Waals surface area contributed by atoms with Crippen LogP contribution in [0.1, 0.15) is 19.8 Å². The van der Waals surface area contributed by atoms with E-state index in [9.17, 15) is 19.2 Å². The lowest BCUT2D eigenvalue weighted by atomic mass is 10.0. The van der Waals surface area contributed by atoms with Gasteiger partial charge in [0.2, 0.25) is 0 Å². The highest BCUT2D eigenvalue weighted by molar-refractivity contribution is 6.13. The van der Waals surface area contributed by atoms with E-state index in [1.165, 1.54) is 0 Å². The predicted octanol–water partition coefficient (Wildman–Crippen LogP) is 0.727. The van der Waals surface area contributed by atoms with Crippen molar-refractivity contribution in [2.45, 2.75) is 19.8 Å². The van der Waals surface area contributed by atoms with Crippen LogP contribution in [0.2, 0.25) is 0 Å². The minimum atomic E-state index is -0.957. The second-order valence-electron chi connectivity index (χ2n) is 3.84. The Balaban J connectivity index is 5.86. The van der Waals surface area contributed by atoms with Gasteiger partial charge in [-0.05, 0) is 12.5 Å². The second kappa shape index (κ2) is 9.46. The third kappa shape index (κ3) is 6.03. The largest absolute Gasteiger partial charge is 0.466 e. The number of hydrogen-bond donors (Lipinski definition) is 0. The molecule has 116 valence electrons. The molecule has 0 rings (SSSR count). The Bertz CT molecular complexity index is 486. The van der Waals surface area contributed by atoms with E-state index in [4.69, 9.17) is 0 Å². The summed E-state index contributed by atoms with van der Waals surface area (Å²) in [7, 11) is 3.28. The molecule has 7 heteroatoms. The van der Waals surface area contributed by atoms with Crippen molar-refractivity contribution in [1.82, 2.24) is 0 Å². The van der Waals surface area contributed by atoms with Gasteiger partial charge in [-0.2, -0.15) is 0 Å². The highest BCUT2D eigenvalue weighted by Gasteiger charge is 2.24. The van der Waals surface area contributed by atoms with E-state index in [1.807, 2.05) is 0 Å². The van der Waals surface area contributed by atoms with E-state index >= 15 is 0 Å². The van der Waals surface area contributed by atoms with Gasteiger partial charge in [-0.1, -0.05) is 6.92 Å². The van der Waals surface area contributed by atoms with Gasteiger partial charge < -0.3 is 14.2 Å². The topological polar surface area (TPSA) is 96.0 Å². The SMILES string of the molecule is CCCC(=O)/C=C(C(=O)OC)/C(=C/C(=O)OC)C(=O)OC. The summed E-state index contributed by atoms with van der Waals surface area (Å²) >= 11 is 0. The van der Waals surface area contributed by atoms with Crippen LogP contribution in [0.25, 0.3) is 0 Å². The standard InChI is InChI=1S/C14H18O7/c1-5-6-9(15)7-10(13(17)20-3)11(14(18)21-4)8-12(16)19-2/h7-8H,5-6H2,1-4H3/b10-7-,11-8-. The number of esters is 3. The van der Waals surface area contributed by atoms with E-state index < -0.39 is 23.5 Å². The fourth-order valence-corrected chi connectivity index (χ4v) is 1.37. The molecule has 0 aromatic heterocycles. The van der Waals surface area contributed by atoms with E-state index in [0.717, 1.165) is 33.5 Å². The van der Waals surface area contributed by atoms with Crippen molar-refractivity contribution < 1.29 is 33.4 Å². The lowest BCUT2D eigenvalue weighted by Gasteiger charge is -2.08. The number of carbonyl (C=O) groups is 4. The smallest absolute Gasteiger partial charge is 0.339 e. The van der Waals surface area contributed by atoms with Gasteiger partial charge >= 0.3 is 17.9 Å². The highest BCUT2D eigenvalue weighted by atomic mass is 16.5. The van der Waals surface area contributed by atoms with Crippen LogP contribution >= 0.6 is 0 Å². The van der Waals surface area contributed by atoms with Crippen LogP contribution in [0.4, 0.5) is 0 Å². The molecule has 21 heavy (non-hydrogen) atoms. The van der Waals surface area contributed by atoms with Gasteiger partial charge in [0, 0.05) is 12.5 Å². The molecule has 0 N–H and O–H groups in total. The molecule has 0 amide bonds. The molecule has 0 aliphatic carbocycles. The maximum absolute atomic E-state index is 11.7. The number of allylic oxidation sites excluding steroid dienone is 1. The van der Waals surface area contributed by atoms with Crippen LogP contribution < -0.4 is 0 Å². The Morgan fingerprint density at radius 1 is 0.810 bits per heavy atom. The van der Waals surface area contributed by atoms with Gasteiger partial charge in [0.05, 0.1) is 32.5 Å². The van der Waals surface area contributed by atoms with Crippen molar-refractivity contribution in [3.63, 3.8) is 0 Å². The fraction of sp³-hybridized carbons (Fsp3) is 0.429. The highest BCUT2D eigenvalue weighted by Crippen LogP contribution is 2.15. The first kappa shape index (κ1) is 18.6. The molecule has 0 aromatic carbocycles. The normalized spacial score (nSPS) is 11.6. The molecule has 0 heterocycles. The summed E-state index contributed by atoms with van der Waals surface area (Å²) in [6.07, 6.45) is 2.49. The van der Waals surface area contributed by atoms with Gasteiger partial charge in [-0.25, -0.2) is 14.4 Å². The minimum Gasteiger partial charge on any atom is -0.466 e. The summed E-state index contributed by atoms with van der Waals surface area (Å²) in [5.41, 5.74) is -0.756. The van der Waals surface area contributed by atoms with Gasteiger partial charge in [-0.15, -0.1) is 0 Å². The van der Waals surface area contributed by atoms with Crippen LogP contribution in [0.15, 0.2) is 23.3 Å². The molecule has 0 aliphatic heterocycles. The van der Waals surface area contributed by atoms with Crippen LogP contribution in [-0.4, -0.2) is 45.0 Å². The van der Waals surface area contributed by atoms with Gasteiger partial charge in [0.15, 0.2) is 5.78 Å². The van der Waals surface area contributed by atoms with Crippen molar-refractivity contribution >= 4 is 23.7 Å². The average molecular weight is 298 g/mol. The number of ether oxygens (including phenoxy) is 3. The van der Waals surface area contributed by atoms with Crippen LogP contribution in [0.3, 0.4) is 0 Å². The average Bonchev–Trinajstić information content (AvgIpc) is 2.48. The Hall–Kier alpha value is -2.44. The van der Waals surface area contributed by atoms with Gasteiger partial charge in [0.25, 0.3) is 0 Å². The summed E-state index contributed by atoms with van der Waals surface area (Å²) in [5.74, 6) is -3.13. The Morgan fingerprint density at radius 3 is 1.67 bits per heavy atom. The molecule has 0 atom stereocenters. The number of carbonyl (C=O) groups excluding carboxylic acids is 4. The summed E-state index contributed by atoms with van der Waals surface area (Å²) in [6.45, 7) is 1.79. The maximum Gasteiger partial charge on any atom is 0.339 e. The molecule has 0 aliphatic rings. The number of hydrogen-bond acceptors (Lipinski definition) is 7. The summed E-state index contributed by atoms with van der Waals surface area (Å²) in [5, 5.41) is 0. The lowest BCUT2D eigenvalue weighted by Crippen LogP contribution is -2.18. The van der Waals surface area contributed by atoms with E-state index in [1.54, 1.807) is 6.92 Å². The molecule has 0 unspecified atom stereocenters. The first-order chi connectivity index (χ1) is 9.90. The van der Waals surface area contributed by atoms with Crippen molar-refractivity contribution in [3.05, 3.63) is 23.3 Å². The first-order valence-electron chi connectivity index (χ1n) is 6.12. The molecular formula is C14H18O7. The molecule has 0 bridgehead atoms. The molecule has 0 fully saturated rings. The van der Waals surface area contributed by atoms with E-state index in [2.05, 4.69) is 14.2 Å². The molecule has 0 saturated heterocycles. The van der Waals surface area contributed by atoms with E-state index in [0.29, 0.717) is 6.42 Å². The maximum atomic E-state index is 11.7. The second-order valence-corrected chi connectivity index (χ2v) is 3.84. The number of methoxy groups -OCH3 is 3. The van der Waals surface area contributed by atoms with Crippen LogP contribution in [0, 0.1) is 0 Å². The molecule has 7 nitrogen and oxygen atoms in total. The summed E-state index contributed by atoms with van der Waals surface area (Å²) < 4.78 is 13.4. The molecular weight excluding hydrogens is 280 g/mol. The van der Waals surface area contributed by atoms with Gasteiger partial charge in [0.1, 0.15) is 0 Å². The molecule has 0 saturated carbocycles. The minimum absolute atomic E-state index is 0.188. The van der Waals surface area contributed by atoms with Gasteiger partial charge in [-0.3, -0.25) is 4.79 Å². The van der Waals surface area contributed by atoms with Crippen molar-refractivity contribution in [3.8, 4) is 0 Å². The van der Waals surface area contributed by atoms with Crippen LogP contribution in [0.5, 0.6) is 0 Å².